The second kappa shape index (κ2) is 8.45. The Bertz CT molecular complexity index is 1030. The number of aryl methyl sites for hydroxylation is 1. The molecule has 2 aliphatic rings. The highest BCUT2D eigenvalue weighted by Crippen LogP contribution is 2.37. The summed E-state index contributed by atoms with van der Waals surface area (Å²) in [6, 6.07) is 6.78. The number of phenolic OH excluding ortho intramolecular Hbond substituents is 1. The molecular formula is C22H27N5O2S. The van der Waals surface area contributed by atoms with Crippen molar-refractivity contribution in [3.8, 4) is 17.0 Å². The van der Waals surface area contributed by atoms with Crippen molar-refractivity contribution in [1.29, 1.82) is 0 Å². The molecule has 1 atom stereocenters. The van der Waals surface area contributed by atoms with E-state index >= 15 is 0 Å². The average molecular weight is 426 g/mol. The standard InChI is InChI=1S/C22H27N5O2S/c1-14-20(18-4-5-19-17(21(18)28)8-12-30-19)25-26-22(23-14)24-15-3-2-9-27(13-15)16-6-10-29-11-7-16/h4-5,8,12,15-16,28H,2-3,6-7,9-11,13H2,1H3,(H,23,24,26)/t15-/m1/s1. The predicted molar refractivity (Wildman–Crippen MR) is 119 cm³/mol. The molecule has 0 amide bonds. The van der Waals surface area contributed by atoms with E-state index in [1.807, 2.05) is 30.5 Å². The van der Waals surface area contributed by atoms with E-state index in [4.69, 9.17) is 4.74 Å². The maximum atomic E-state index is 10.7. The fourth-order valence-electron chi connectivity index (χ4n) is 4.62. The van der Waals surface area contributed by atoms with Gasteiger partial charge in [0.25, 0.3) is 0 Å². The molecule has 0 radical (unpaired) electrons. The lowest BCUT2D eigenvalue weighted by Gasteiger charge is -2.40. The van der Waals surface area contributed by atoms with Crippen LogP contribution in [0.25, 0.3) is 21.3 Å². The van der Waals surface area contributed by atoms with Crippen LogP contribution in [0.3, 0.4) is 0 Å². The quantitative estimate of drug-likeness (QED) is 0.657. The molecule has 0 bridgehead atoms. The molecule has 2 N–H and O–H groups in total. The number of piperidine rings is 1. The van der Waals surface area contributed by atoms with Crippen LogP contribution in [0, 0.1) is 6.92 Å². The third-order valence-electron chi connectivity index (χ3n) is 6.22. The molecule has 2 fully saturated rings. The lowest BCUT2D eigenvalue weighted by molar-refractivity contribution is 0.0255. The van der Waals surface area contributed by atoms with Crippen molar-refractivity contribution in [2.45, 2.75) is 44.7 Å². The van der Waals surface area contributed by atoms with Crippen LogP contribution >= 0.6 is 11.3 Å². The van der Waals surface area contributed by atoms with E-state index in [-0.39, 0.29) is 5.75 Å². The second-order valence-corrected chi connectivity index (χ2v) is 9.13. The van der Waals surface area contributed by atoms with Crippen molar-refractivity contribution < 1.29 is 9.84 Å². The number of hydrogen-bond donors (Lipinski definition) is 2. The number of phenols is 1. The van der Waals surface area contributed by atoms with Gasteiger partial charge in [0.15, 0.2) is 0 Å². The zero-order valence-electron chi connectivity index (χ0n) is 17.2. The summed E-state index contributed by atoms with van der Waals surface area (Å²) in [6.07, 6.45) is 4.53. The fraction of sp³-hybridized carbons (Fsp3) is 0.500. The highest BCUT2D eigenvalue weighted by atomic mass is 32.1. The first-order chi connectivity index (χ1) is 14.7. The molecule has 2 aliphatic heterocycles. The third-order valence-corrected chi connectivity index (χ3v) is 7.10. The number of aromatic hydroxyl groups is 1. The molecule has 8 heteroatoms. The van der Waals surface area contributed by atoms with Crippen molar-refractivity contribution in [3.63, 3.8) is 0 Å². The molecule has 2 aromatic heterocycles. The van der Waals surface area contributed by atoms with Crippen LogP contribution in [0.4, 0.5) is 5.95 Å². The molecule has 158 valence electrons. The van der Waals surface area contributed by atoms with Crippen molar-refractivity contribution in [2.75, 3.05) is 31.6 Å². The lowest BCUT2D eigenvalue weighted by Crippen LogP contribution is -2.49. The summed E-state index contributed by atoms with van der Waals surface area (Å²) in [5.41, 5.74) is 2.06. The topological polar surface area (TPSA) is 83.4 Å². The number of hydrogen-bond acceptors (Lipinski definition) is 8. The summed E-state index contributed by atoms with van der Waals surface area (Å²) in [5, 5.41) is 25.7. The first kappa shape index (κ1) is 19.7. The monoisotopic (exact) mass is 425 g/mol. The summed E-state index contributed by atoms with van der Waals surface area (Å²) in [6.45, 7) is 5.82. The van der Waals surface area contributed by atoms with Gasteiger partial charge in [-0.25, -0.2) is 4.98 Å². The predicted octanol–water partition coefficient (Wildman–Crippen LogP) is 3.82. The molecule has 4 heterocycles. The van der Waals surface area contributed by atoms with Gasteiger partial charge in [-0.3, -0.25) is 4.90 Å². The largest absolute Gasteiger partial charge is 0.507 e. The molecule has 30 heavy (non-hydrogen) atoms. The molecular weight excluding hydrogens is 398 g/mol. The number of likely N-dealkylation sites (tertiary alicyclic amines) is 1. The van der Waals surface area contributed by atoms with E-state index in [1.165, 1.54) is 6.42 Å². The molecule has 1 aromatic carbocycles. The summed E-state index contributed by atoms with van der Waals surface area (Å²) in [4.78, 5) is 7.25. The van der Waals surface area contributed by atoms with E-state index in [9.17, 15) is 5.11 Å². The second-order valence-electron chi connectivity index (χ2n) is 8.19. The van der Waals surface area contributed by atoms with Gasteiger partial charge >= 0.3 is 0 Å². The van der Waals surface area contributed by atoms with Gasteiger partial charge in [-0.1, -0.05) is 0 Å². The summed E-state index contributed by atoms with van der Waals surface area (Å²) in [5.74, 6) is 0.805. The Labute approximate surface area is 180 Å². The van der Waals surface area contributed by atoms with Crippen LogP contribution < -0.4 is 5.32 Å². The normalized spacial score (nSPS) is 21.2. The maximum Gasteiger partial charge on any atom is 0.243 e. The van der Waals surface area contributed by atoms with Gasteiger partial charge in [-0.15, -0.1) is 21.5 Å². The Morgan fingerprint density at radius 1 is 1.17 bits per heavy atom. The first-order valence-corrected chi connectivity index (χ1v) is 11.6. The zero-order chi connectivity index (χ0) is 20.5. The maximum absolute atomic E-state index is 10.7. The van der Waals surface area contributed by atoms with Gasteiger partial charge < -0.3 is 15.2 Å². The van der Waals surface area contributed by atoms with Gasteiger partial charge in [0.05, 0.1) is 5.69 Å². The molecule has 2 saturated heterocycles. The summed E-state index contributed by atoms with van der Waals surface area (Å²) < 4.78 is 6.57. The Kier molecular flexibility index (Phi) is 5.54. The number of anilines is 1. The summed E-state index contributed by atoms with van der Waals surface area (Å²) in [7, 11) is 0. The van der Waals surface area contributed by atoms with E-state index < -0.39 is 0 Å². The van der Waals surface area contributed by atoms with Crippen molar-refractivity contribution in [3.05, 3.63) is 29.3 Å². The smallest absolute Gasteiger partial charge is 0.243 e. The van der Waals surface area contributed by atoms with E-state index in [0.29, 0.717) is 29.3 Å². The minimum Gasteiger partial charge on any atom is -0.507 e. The average Bonchev–Trinajstić information content (AvgIpc) is 3.25. The van der Waals surface area contributed by atoms with Crippen molar-refractivity contribution in [2.24, 2.45) is 0 Å². The van der Waals surface area contributed by atoms with E-state index in [0.717, 1.165) is 61.3 Å². The van der Waals surface area contributed by atoms with Gasteiger partial charge in [0.1, 0.15) is 11.4 Å². The molecule has 0 unspecified atom stereocenters. The number of rotatable bonds is 4. The molecule has 0 spiro atoms. The number of benzene rings is 1. The van der Waals surface area contributed by atoms with Crippen LogP contribution in [0.5, 0.6) is 5.75 Å². The first-order valence-electron chi connectivity index (χ1n) is 10.7. The lowest BCUT2D eigenvalue weighted by atomic mass is 10.00. The van der Waals surface area contributed by atoms with Gasteiger partial charge in [-0.05, 0) is 62.7 Å². The number of fused-ring (bicyclic) bond motifs is 1. The van der Waals surface area contributed by atoms with E-state index in [2.05, 4.69) is 25.4 Å². The molecule has 0 aliphatic carbocycles. The number of nitrogens with zero attached hydrogens (tertiary/aromatic N) is 4. The van der Waals surface area contributed by atoms with Gasteiger partial charge in [0.2, 0.25) is 5.95 Å². The Morgan fingerprint density at radius 2 is 2.03 bits per heavy atom. The van der Waals surface area contributed by atoms with Crippen LogP contribution in [0.15, 0.2) is 23.6 Å². The van der Waals surface area contributed by atoms with Gasteiger partial charge in [-0.2, -0.15) is 0 Å². The number of nitrogens with one attached hydrogen (secondary N) is 1. The molecule has 5 rings (SSSR count). The summed E-state index contributed by atoms with van der Waals surface area (Å²) >= 11 is 1.61. The van der Waals surface area contributed by atoms with Crippen LogP contribution in [-0.4, -0.2) is 63.6 Å². The van der Waals surface area contributed by atoms with Crippen LogP contribution in [0.2, 0.25) is 0 Å². The minimum atomic E-state index is 0.244. The Hall–Kier alpha value is -2.29. The number of aromatic nitrogens is 3. The third kappa shape index (κ3) is 3.87. The Morgan fingerprint density at radius 3 is 2.87 bits per heavy atom. The SMILES string of the molecule is Cc1nc(N[C@@H]2CCCN(C3CCOCC3)C2)nnc1-c1ccc2sccc2c1O. The molecule has 7 nitrogen and oxygen atoms in total. The fourth-order valence-corrected chi connectivity index (χ4v) is 5.41. The van der Waals surface area contributed by atoms with Crippen LogP contribution in [-0.2, 0) is 4.74 Å². The van der Waals surface area contributed by atoms with Crippen molar-refractivity contribution in [1.82, 2.24) is 20.1 Å². The van der Waals surface area contributed by atoms with Crippen LogP contribution in [0.1, 0.15) is 31.4 Å². The highest BCUT2D eigenvalue weighted by molar-refractivity contribution is 7.17. The van der Waals surface area contributed by atoms with Crippen molar-refractivity contribution >= 4 is 27.4 Å². The molecule has 0 saturated carbocycles. The minimum absolute atomic E-state index is 0.244. The Balaban J connectivity index is 1.31. The molecule has 3 aromatic rings. The van der Waals surface area contributed by atoms with E-state index in [1.54, 1.807) is 11.3 Å². The number of ether oxygens (including phenoxy) is 1. The van der Waals surface area contributed by atoms with Gasteiger partial charge in [0, 0.05) is 47.5 Å². The highest BCUT2D eigenvalue weighted by Gasteiger charge is 2.27. The zero-order valence-corrected chi connectivity index (χ0v) is 18.0. The number of thiophene rings is 1.